The van der Waals surface area contributed by atoms with Gasteiger partial charge in [-0.25, -0.2) is 4.79 Å². The normalized spacial score (nSPS) is 15.9. The number of furan rings is 1. The van der Waals surface area contributed by atoms with Crippen LogP contribution in [0.3, 0.4) is 0 Å². The minimum atomic E-state index is -0.484. The number of aryl methyl sites for hydroxylation is 1. The maximum absolute atomic E-state index is 12.2. The van der Waals surface area contributed by atoms with E-state index < -0.39 is 4.92 Å². The van der Waals surface area contributed by atoms with E-state index in [-0.39, 0.29) is 17.8 Å². The van der Waals surface area contributed by atoms with Crippen LogP contribution in [-0.4, -0.2) is 48.7 Å². The molecule has 9 nitrogen and oxygen atoms in total. The molecule has 2 heterocycles. The number of urea groups is 1. The molecule has 0 spiro atoms. The number of non-ortho nitro benzene ring substituents is 1. The average Bonchev–Trinajstić information content (AvgIpc) is 3.09. The average molecular weight is 374 g/mol. The van der Waals surface area contributed by atoms with Crippen molar-refractivity contribution in [1.82, 2.24) is 10.2 Å². The maximum atomic E-state index is 12.2. The lowest BCUT2D eigenvalue weighted by Gasteiger charge is -2.33. The predicted octanol–water partition coefficient (Wildman–Crippen LogP) is 2.69. The minimum Gasteiger partial charge on any atom is -0.465 e. The van der Waals surface area contributed by atoms with Crippen molar-refractivity contribution in [1.29, 1.82) is 0 Å². The SMILES string of the molecule is Cc1ccc(C(CNC(=O)Nc2ccc([N+](=O)[O-])cc2)N2CCOCC2)o1. The molecule has 144 valence electrons. The molecule has 3 rings (SSSR count). The van der Waals surface area contributed by atoms with Crippen LogP contribution in [0.2, 0.25) is 0 Å². The third kappa shape index (κ3) is 5.05. The number of nitro benzene ring substituents is 1. The number of nitrogens with one attached hydrogen (secondary N) is 2. The molecule has 1 fully saturated rings. The third-order valence-corrected chi connectivity index (χ3v) is 4.37. The molecule has 27 heavy (non-hydrogen) atoms. The molecule has 1 saturated heterocycles. The second kappa shape index (κ2) is 8.65. The molecular weight excluding hydrogens is 352 g/mol. The van der Waals surface area contributed by atoms with E-state index in [1.807, 2.05) is 19.1 Å². The number of hydrogen-bond acceptors (Lipinski definition) is 6. The summed E-state index contributed by atoms with van der Waals surface area (Å²) in [6, 6.07) is 9.02. The molecule has 1 atom stereocenters. The summed E-state index contributed by atoms with van der Waals surface area (Å²) in [5.41, 5.74) is 0.455. The highest BCUT2D eigenvalue weighted by molar-refractivity contribution is 5.89. The third-order valence-electron chi connectivity index (χ3n) is 4.37. The van der Waals surface area contributed by atoms with Crippen LogP contribution < -0.4 is 10.6 Å². The Kier molecular flexibility index (Phi) is 6.05. The van der Waals surface area contributed by atoms with E-state index in [2.05, 4.69) is 15.5 Å². The maximum Gasteiger partial charge on any atom is 0.319 e. The molecule has 1 aliphatic heterocycles. The number of morpholine rings is 1. The lowest BCUT2D eigenvalue weighted by molar-refractivity contribution is -0.384. The van der Waals surface area contributed by atoms with Crippen LogP contribution in [0.5, 0.6) is 0 Å². The quantitative estimate of drug-likeness (QED) is 0.594. The number of carbonyl (C=O) groups excluding carboxylic acids is 1. The summed E-state index contributed by atoms with van der Waals surface area (Å²) < 4.78 is 11.2. The van der Waals surface area contributed by atoms with Gasteiger partial charge in [-0.3, -0.25) is 15.0 Å². The molecule has 2 amide bonds. The molecule has 0 aliphatic carbocycles. The zero-order valence-electron chi connectivity index (χ0n) is 15.0. The molecule has 0 bridgehead atoms. The summed E-state index contributed by atoms with van der Waals surface area (Å²) in [6.07, 6.45) is 0. The standard InChI is InChI=1S/C18H22N4O5/c1-13-2-7-17(27-13)16(21-8-10-26-11-9-21)12-19-18(23)20-14-3-5-15(6-4-14)22(24)25/h2-7,16H,8-12H2,1H3,(H2,19,20,23). The van der Waals surface area contributed by atoms with E-state index in [4.69, 9.17) is 9.15 Å². The van der Waals surface area contributed by atoms with E-state index in [1.54, 1.807) is 0 Å². The van der Waals surface area contributed by atoms with Gasteiger partial charge in [-0.05, 0) is 31.2 Å². The topological polar surface area (TPSA) is 110 Å². The second-order valence-corrected chi connectivity index (χ2v) is 6.25. The summed E-state index contributed by atoms with van der Waals surface area (Å²) in [6.45, 7) is 5.06. The van der Waals surface area contributed by atoms with Gasteiger partial charge in [-0.1, -0.05) is 0 Å². The van der Waals surface area contributed by atoms with E-state index in [0.29, 0.717) is 25.4 Å². The van der Waals surface area contributed by atoms with Gasteiger partial charge in [-0.2, -0.15) is 0 Å². The monoisotopic (exact) mass is 374 g/mol. The van der Waals surface area contributed by atoms with Crippen molar-refractivity contribution < 1.29 is 18.9 Å². The van der Waals surface area contributed by atoms with Crippen molar-refractivity contribution in [3.05, 3.63) is 58.0 Å². The number of nitro groups is 1. The highest BCUT2D eigenvalue weighted by atomic mass is 16.6. The fourth-order valence-corrected chi connectivity index (χ4v) is 2.96. The van der Waals surface area contributed by atoms with Gasteiger partial charge in [0.2, 0.25) is 0 Å². The first-order valence-electron chi connectivity index (χ1n) is 8.70. The predicted molar refractivity (Wildman–Crippen MR) is 98.7 cm³/mol. The number of anilines is 1. The lowest BCUT2D eigenvalue weighted by atomic mass is 10.1. The molecule has 0 saturated carbocycles. The van der Waals surface area contributed by atoms with Crippen molar-refractivity contribution in [3.8, 4) is 0 Å². The van der Waals surface area contributed by atoms with E-state index >= 15 is 0 Å². The number of nitrogens with zero attached hydrogens (tertiary/aromatic N) is 2. The highest BCUT2D eigenvalue weighted by Gasteiger charge is 2.25. The zero-order valence-corrected chi connectivity index (χ0v) is 15.0. The van der Waals surface area contributed by atoms with Gasteiger partial charge < -0.3 is 19.8 Å². The van der Waals surface area contributed by atoms with Crippen LogP contribution in [0.25, 0.3) is 0 Å². The number of amides is 2. The van der Waals surface area contributed by atoms with Crippen LogP contribution in [0, 0.1) is 17.0 Å². The Morgan fingerprint density at radius 2 is 1.93 bits per heavy atom. The van der Waals surface area contributed by atoms with Crippen molar-refractivity contribution >= 4 is 17.4 Å². The van der Waals surface area contributed by atoms with Gasteiger partial charge in [0.1, 0.15) is 11.5 Å². The van der Waals surface area contributed by atoms with E-state index in [9.17, 15) is 14.9 Å². The van der Waals surface area contributed by atoms with Crippen molar-refractivity contribution in [2.24, 2.45) is 0 Å². The number of carbonyl (C=O) groups is 1. The van der Waals surface area contributed by atoms with Crippen LogP contribution in [0.15, 0.2) is 40.8 Å². The number of ether oxygens (including phenoxy) is 1. The molecule has 0 radical (unpaired) electrons. The highest BCUT2D eigenvalue weighted by Crippen LogP contribution is 2.23. The summed E-state index contributed by atoms with van der Waals surface area (Å²) in [5, 5.41) is 16.2. The Labute approximate surface area is 156 Å². The van der Waals surface area contributed by atoms with Crippen LogP contribution in [0.4, 0.5) is 16.2 Å². The summed E-state index contributed by atoms with van der Waals surface area (Å²) >= 11 is 0. The van der Waals surface area contributed by atoms with Crippen LogP contribution >= 0.6 is 0 Å². The Morgan fingerprint density at radius 3 is 2.52 bits per heavy atom. The van der Waals surface area contributed by atoms with E-state index in [0.717, 1.165) is 24.6 Å². The summed E-state index contributed by atoms with van der Waals surface area (Å²) in [4.78, 5) is 24.6. The Bertz CT molecular complexity index is 783. The first kappa shape index (κ1) is 18.9. The Balaban J connectivity index is 1.60. The fraction of sp³-hybridized carbons (Fsp3) is 0.389. The summed E-state index contributed by atoms with van der Waals surface area (Å²) in [7, 11) is 0. The largest absolute Gasteiger partial charge is 0.465 e. The first-order valence-corrected chi connectivity index (χ1v) is 8.70. The first-order chi connectivity index (χ1) is 13.0. The van der Waals surface area contributed by atoms with Crippen LogP contribution in [0.1, 0.15) is 17.6 Å². The number of rotatable bonds is 6. The second-order valence-electron chi connectivity index (χ2n) is 6.25. The van der Waals surface area contributed by atoms with Gasteiger partial charge in [-0.15, -0.1) is 0 Å². The fourth-order valence-electron chi connectivity index (χ4n) is 2.96. The van der Waals surface area contributed by atoms with Crippen molar-refractivity contribution in [3.63, 3.8) is 0 Å². The molecule has 2 aromatic rings. The van der Waals surface area contributed by atoms with E-state index in [1.165, 1.54) is 24.3 Å². The molecule has 1 aromatic carbocycles. The summed E-state index contributed by atoms with van der Waals surface area (Å²) in [5.74, 6) is 1.61. The lowest BCUT2D eigenvalue weighted by Crippen LogP contribution is -2.44. The Morgan fingerprint density at radius 1 is 1.22 bits per heavy atom. The van der Waals surface area contributed by atoms with Gasteiger partial charge >= 0.3 is 6.03 Å². The Hall–Kier alpha value is -2.91. The van der Waals surface area contributed by atoms with Crippen molar-refractivity contribution in [2.45, 2.75) is 13.0 Å². The molecular formula is C18H22N4O5. The molecule has 1 aromatic heterocycles. The van der Waals surface area contributed by atoms with Gasteiger partial charge in [0.05, 0.1) is 24.2 Å². The van der Waals surface area contributed by atoms with Gasteiger partial charge in [0, 0.05) is 37.5 Å². The van der Waals surface area contributed by atoms with Crippen molar-refractivity contribution in [2.75, 3.05) is 38.2 Å². The smallest absolute Gasteiger partial charge is 0.319 e. The molecule has 2 N–H and O–H groups in total. The van der Waals surface area contributed by atoms with Gasteiger partial charge in [0.15, 0.2) is 0 Å². The number of benzene rings is 1. The zero-order chi connectivity index (χ0) is 19.2. The number of hydrogen-bond donors (Lipinski definition) is 2. The molecule has 1 aliphatic rings. The van der Waals surface area contributed by atoms with Gasteiger partial charge in [0.25, 0.3) is 5.69 Å². The van der Waals surface area contributed by atoms with Crippen LogP contribution in [-0.2, 0) is 4.74 Å². The minimum absolute atomic E-state index is 0.0264. The molecule has 9 heteroatoms. The molecule has 1 unspecified atom stereocenters.